The van der Waals surface area contributed by atoms with E-state index in [1.807, 2.05) is 0 Å². The molecule has 0 aliphatic carbocycles. The van der Waals surface area contributed by atoms with Crippen LogP contribution >= 0.6 is 11.6 Å². The number of hydrogen-bond donors (Lipinski definition) is 2. The standard InChI is InChI=1S/C8H8ClNO4/c9-3-1-2-4-6(11)7(12)10(4)5(3)8(13)14/h4,6,11H,1-2H2,(H,13,14)/t4-,6?/m1/s1. The zero-order valence-corrected chi connectivity index (χ0v) is 7.86. The molecule has 2 N–H and O–H groups in total. The summed E-state index contributed by atoms with van der Waals surface area (Å²) in [5, 5.41) is 18.2. The molecule has 2 heterocycles. The first-order chi connectivity index (χ1) is 6.54. The summed E-state index contributed by atoms with van der Waals surface area (Å²) in [5.41, 5.74) is -0.182. The number of aliphatic hydroxyl groups is 1. The van der Waals surface area contributed by atoms with E-state index in [4.69, 9.17) is 16.7 Å². The average Bonchev–Trinajstić information content (AvgIpc) is 2.15. The van der Waals surface area contributed by atoms with E-state index in [0.29, 0.717) is 12.8 Å². The van der Waals surface area contributed by atoms with Crippen LogP contribution in [0.15, 0.2) is 10.7 Å². The smallest absolute Gasteiger partial charge is 0.353 e. The lowest BCUT2D eigenvalue weighted by Gasteiger charge is -2.47. The zero-order valence-electron chi connectivity index (χ0n) is 7.11. The van der Waals surface area contributed by atoms with Crippen molar-refractivity contribution in [3.05, 3.63) is 10.7 Å². The van der Waals surface area contributed by atoms with Crippen LogP contribution in [-0.4, -0.2) is 39.1 Å². The molecule has 0 bridgehead atoms. The number of amides is 1. The van der Waals surface area contributed by atoms with Crippen molar-refractivity contribution in [2.45, 2.75) is 25.0 Å². The molecule has 0 saturated carbocycles. The van der Waals surface area contributed by atoms with E-state index in [2.05, 4.69) is 0 Å². The Labute approximate surface area is 84.6 Å². The van der Waals surface area contributed by atoms with E-state index in [9.17, 15) is 14.7 Å². The summed E-state index contributed by atoms with van der Waals surface area (Å²) in [6, 6.07) is -0.406. The fourth-order valence-corrected chi connectivity index (χ4v) is 2.12. The van der Waals surface area contributed by atoms with Gasteiger partial charge in [-0.1, -0.05) is 11.6 Å². The molecule has 2 aliphatic rings. The van der Waals surface area contributed by atoms with E-state index >= 15 is 0 Å². The number of carbonyl (C=O) groups is 2. The first-order valence-electron chi connectivity index (χ1n) is 4.17. The molecule has 1 amide bonds. The Balaban J connectivity index is 2.37. The summed E-state index contributed by atoms with van der Waals surface area (Å²) in [6.07, 6.45) is -0.147. The topological polar surface area (TPSA) is 77.8 Å². The highest BCUT2D eigenvalue weighted by Gasteiger charge is 2.51. The lowest BCUT2D eigenvalue weighted by molar-refractivity contribution is -0.167. The summed E-state index contributed by atoms with van der Waals surface area (Å²) in [7, 11) is 0. The number of rotatable bonds is 1. The van der Waals surface area contributed by atoms with Crippen molar-refractivity contribution in [1.29, 1.82) is 0 Å². The van der Waals surface area contributed by atoms with E-state index < -0.39 is 24.0 Å². The predicted molar refractivity (Wildman–Crippen MR) is 46.4 cm³/mol. The van der Waals surface area contributed by atoms with Gasteiger partial charge in [0.05, 0.1) is 6.04 Å². The first kappa shape index (κ1) is 9.48. The Hall–Kier alpha value is -1.07. The van der Waals surface area contributed by atoms with E-state index in [0.717, 1.165) is 4.90 Å². The molecular weight excluding hydrogens is 210 g/mol. The number of halogens is 1. The number of β-lactam (4-membered cyclic amide) rings is 1. The zero-order chi connectivity index (χ0) is 10.5. The van der Waals surface area contributed by atoms with Gasteiger partial charge in [-0.2, -0.15) is 0 Å². The SMILES string of the molecule is O=C(O)C1=C(Cl)CC[C@@H]2C(O)C(=O)N12. The number of carboxylic acids is 1. The van der Waals surface area contributed by atoms with Gasteiger partial charge in [0.25, 0.3) is 5.91 Å². The largest absolute Gasteiger partial charge is 0.477 e. The summed E-state index contributed by atoms with van der Waals surface area (Å²) < 4.78 is 0. The predicted octanol–water partition coefficient (Wildman–Crippen LogP) is -0.113. The van der Waals surface area contributed by atoms with Crippen LogP contribution in [-0.2, 0) is 9.59 Å². The molecule has 76 valence electrons. The molecule has 5 nitrogen and oxygen atoms in total. The molecule has 6 heteroatoms. The molecule has 0 aromatic heterocycles. The fraction of sp³-hybridized carbons (Fsp3) is 0.500. The Morgan fingerprint density at radius 2 is 2.21 bits per heavy atom. The van der Waals surface area contributed by atoms with Gasteiger partial charge in [-0.25, -0.2) is 4.79 Å². The van der Waals surface area contributed by atoms with Gasteiger partial charge in [0.2, 0.25) is 0 Å². The Kier molecular flexibility index (Phi) is 2.01. The van der Waals surface area contributed by atoms with Crippen LogP contribution in [0.4, 0.5) is 0 Å². The van der Waals surface area contributed by atoms with Crippen molar-refractivity contribution in [3.63, 3.8) is 0 Å². The van der Waals surface area contributed by atoms with Gasteiger partial charge < -0.3 is 10.2 Å². The van der Waals surface area contributed by atoms with Gasteiger partial charge in [-0.3, -0.25) is 9.69 Å². The molecule has 0 aromatic carbocycles. The van der Waals surface area contributed by atoms with Crippen LogP contribution in [0.2, 0.25) is 0 Å². The quantitative estimate of drug-likeness (QED) is 0.601. The van der Waals surface area contributed by atoms with Crippen molar-refractivity contribution < 1.29 is 19.8 Å². The fourth-order valence-electron chi connectivity index (χ4n) is 1.84. The Morgan fingerprint density at radius 3 is 2.79 bits per heavy atom. The van der Waals surface area contributed by atoms with Crippen LogP contribution in [0, 0.1) is 0 Å². The minimum atomic E-state index is -1.22. The van der Waals surface area contributed by atoms with Crippen molar-refractivity contribution >= 4 is 23.5 Å². The monoisotopic (exact) mass is 217 g/mol. The summed E-state index contributed by atoms with van der Waals surface area (Å²) in [4.78, 5) is 23.0. The number of aliphatic hydroxyl groups excluding tert-OH is 1. The molecule has 0 radical (unpaired) electrons. The maximum Gasteiger partial charge on any atom is 0.353 e. The number of nitrogens with zero attached hydrogens (tertiary/aromatic N) is 1. The van der Waals surface area contributed by atoms with Gasteiger partial charge in [-0.15, -0.1) is 0 Å². The second-order valence-electron chi connectivity index (χ2n) is 3.32. The number of hydrogen-bond acceptors (Lipinski definition) is 3. The van der Waals surface area contributed by atoms with Crippen LogP contribution < -0.4 is 0 Å². The molecule has 1 unspecified atom stereocenters. The van der Waals surface area contributed by atoms with Crippen LogP contribution in [0.3, 0.4) is 0 Å². The molecular formula is C8H8ClNO4. The Bertz CT molecular complexity index is 351. The first-order valence-corrected chi connectivity index (χ1v) is 4.55. The summed E-state index contributed by atoms with van der Waals surface area (Å²) >= 11 is 5.71. The van der Waals surface area contributed by atoms with E-state index in [1.54, 1.807) is 0 Å². The number of carbonyl (C=O) groups excluding carboxylic acids is 1. The molecule has 1 fully saturated rings. The average molecular weight is 218 g/mol. The highest BCUT2D eigenvalue weighted by Crippen LogP contribution is 2.37. The summed E-state index contributed by atoms with van der Waals surface area (Å²) in [5.74, 6) is -1.80. The molecule has 14 heavy (non-hydrogen) atoms. The molecule has 2 aliphatic heterocycles. The molecule has 0 spiro atoms. The third-order valence-corrected chi connectivity index (χ3v) is 2.91. The maximum absolute atomic E-state index is 11.2. The molecule has 2 atom stereocenters. The van der Waals surface area contributed by atoms with E-state index in [-0.39, 0.29) is 10.7 Å². The van der Waals surface area contributed by atoms with Crippen molar-refractivity contribution in [1.82, 2.24) is 4.90 Å². The molecule has 0 aromatic rings. The minimum Gasteiger partial charge on any atom is -0.477 e. The minimum absolute atomic E-state index is 0.175. The van der Waals surface area contributed by atoms with E-state index in [1.165, 1.54) is 0 Å². The number of aliphatic carboxylic acids is 1. The lowest BCUT2D eigenvalue weighted by atomic mass is 9.89. The van der Waals surface area contributed by atoms with Gasteiger partial charge in [0.1, 0.15) is 5.70 Å². The number of allylic oxidation sites excluding steroid dienone is 1. The van der Waals surface area contributed by atoms with Gasteiger partial charge in [-0.05, 0) is 12.8 Å². The molecule has 1 saturated heterocycles. The normalized spacial score (nSPS) is 31.3. The highest BCUT2D eigenvalue weighted by atomic mass is 35.5. The third kappa shape index (κ3) is 1.06. The summed E-state index contributed by atoms with van der Waals surface area (Å²) in [6.45, 7) is 0. The number of fused-ring (bicyclic) bond motifs is 1. The lowest BCUT2D eigenvalue weighted by Crippen LogP contribution is -2.65. The maximum atomic E-state index is 11.2. The Morgan fingerprint density at radius 1 is 1.57 bits per heavy atom. The van der Waals surface area contributed by atoms with Crippen molar-refractivity contribution in [2.24, 2.45) is 0 Å². The highest BCUT2D eigenvalue weighted by molar-refractivity contribution is 6.32. The van der Waals surface area contributed by atoms with Gasteiger partial charge in [0.15, 0.2) is 6.10 Å². The second-order valence-corrected chi connectivity index (χ2v) is 3.77. The molecule has 2 rings (SSSR count). The number of carboxylic acid groups (broad SMARTS) is 1. The van der Waals surface area contributed by atoms with Crippen LogP contribution in [0.5, 0.6) is 0 Å². The van der Waals surface area contributed by atoms with Crippen molar-refractivity contribution in [3.8, 4) is 0 Å². The van der Waals surface area contributed by atoms with Crippen LogP contribution in [0.25, 0.3) is 0 Å². The van der Waals surface area contributed by atoms with Crippen LogP contribution in [0.1, 0.15) is 12.8 Å². The van der Waals surface area contributed by atoms with Crippen molar-refractivity contribution in [2.75, 3.05) is 0 Å². The third-order valence-electron chi connectivity index (χ3n) is 2.55. The van der Waals surface area contributed by atoms with Gasteiger partial charge in [0, 0.05) is 5.03 Å². The second kappa shape index (κ2) is 2.96. The van der Waals surface area contributed by atoms with Gasteiger partial charge >= 0.3 is 5.97 Å².